The summed E-state index contributed by atoms with van der Waals surface area (Å²) in [5, 5.41) is 0. The van der Waals surface area contributed by atoms with E-state index in [0.29, 0.717) is 16.7 Å². The summed E-state index contributed by atoms with van der Waals surface area (Å²) in [6.07, 6.45) is 28.5. The molecule has 6 rings (SSSR count). The minimum atomic E-state index is 0.549. The number of para-hydroxylation sites is 1. The molecule has 0 saturated heterocycles. The van der Waals surface area contributed by atoms with Gasteiger partial charge in [0, 0.05) is 35.1 Å². The number of aryl methyl sites for hydroxylation is 1. The summed E-state index contributed by atoms with van der Waals surface area (Å²) in [7, 11) is 2.00. The zero-order chi connectivity index (χ0) is 29.9. The summed E-state index contributed by atoms with van der Waals surface area (Å²) < 4.78 is 8.04. The van der Waals surface area contributed by atoms with Gasteiger partial charge in [0.05, 0.1) is 13.2 Å². The Kier molecular flexibility index (Phi) is 9.12. The molecule has 43 heavy (non-hydrogen) atoms. The van der Waals surface area contributed by atoms with Gasteiger partial charge in [-0.25, -0.2) is 4.57 Å². The topological polar surface area (TPSA) is 33.1 Å². The van der Waals surface area contributed by atoms with Crippen LogP contribution in [0.5, 0.6) is 0 Å². The predicted molar refractivity (Wildman–Crippen MR) is 179 cm³/mol. The number of hydrogen-bond donors (Lipinski definition) is 0. The van der Waals surface area contributed by atoms with Crippen molar-refractivity contribution < 1.29 is 8.98 Å². The van der Waals surface area contributed by atoms with Crippen molar-refractivity contribution in [2.45, 2.75) is 111 Å². The van der Waals surface area contributed by atoms with Gasteiger partial charge in [-0.3, -0.25) is 0 Å². The Balaban J connectivity index is 0.953. The fraction of sp³-hybridized carbons (Fsp3) is 0.590. The molecule has 4 heteroatoms. The van der Waals surface area contributed by atoms with Gasteiger partial charge in [0.15, 0.2) is 0 Å². The molecule has 2 saturated carbocycles. The molecule has 2 fully saturated rings. The Morgan fingerprint density at radius 3 is 2.37 bits per heavy atom. The summed E-state index contributed by atoms with van der Waals surface area (Å²) in [5.41, 5.74) is 6.50. The maximum Gasteiger partial charge on any atom is 0.370 e. The number of pyridine rings is 1. The fourth-order valence-electron chi connectivity index (χ4n) is 8.05. The van der Waals surface area contributed by atoms with Crippen LogP contribution in [0.15, 0.2) is 59.3 Å². The average molecular weight is 581 g/mol. The lowest BCUT2D eigenvalue weighted by atomic mass is 9.68. The molecule has 3 aromatic rings. The summed E-state index contributed by atoms with van der Waals surface area (Å²) in [5.74, 6) is 2.65. The molecule has 0 amide bonds. The van der Waals surface area contributed by atoms with Crippen LogP contribution in [-0.2, 0) is 7.05 Å². The zero-order valence-electron chi connectivity index (χ0n) is 27.3. The molecule has 3 aliphatic rings. The van der Waals surface area contributed by atoms with Crippen LogP contribution < -0.4 is 9.47 Å². The number of fused-ring (bicyclic) bond motifs is 2. The van der Waals surface area contributed by atoms with Crippen molar-refractivity contribution in [3.8, 4) is 0 Å². The smallest absolute Gasteiger partial charge is 0.370 e. The van der Waals surface area contributed by atoms with Crippen molar-refractivity contribution in [2.24, 2.45) is 29.7 Å². The van der Waals surface area contributed by atoms with Crippen LogP contribution in [0.3, 0.4) is 0 Å². The summed E-state index contributed by atoms with van der Waals surface area (Å²) >= 11 is 0. The van der Waals surface area contributed by atoms with Gasteiger partial charge in [-0.1, -0.05) is 64.7 Å². The quantitative estimate of drug-likeness (QED) is 0.177. The number of unbranched alkanes of at least 4 members (excludes halogenated alkanes) is 1. The van der Waals surface area contributed by atoms with Crippen LogP contribution in [-0.4, -0.2) is 11.5 Å². The first kappa shape index (κ1) is 30.2. The van der Waals surface area contributed by atoms with Crippen LogP contribution >= 0.6 is 0 Å². The Labute approximate surface area is 260 Å². The van der Waals surface area contributed by atoms with Crippen LogP contribution in [0, 0.1) is 22.7 Å². The highest BCUT2D eigenvalue weighted by molar-refractivity contribution is 5.94. The lowest BCUT2D eigenvalue weighted by Crippen LogP contribution is -2.28. The highest BCUT2D eigenvalue weighted by atomic mass is 16.3. The van der Waals surface area contributed by atoms with E-state index in [1.807, 2.05) is 29.9 Å². The van der Waals surface area contributed by atoms with Crippen molar-refractivity contribution in [3.05, 3.63) is 66.3 Å². The molecule has 0 unspecified atom stereocenters. The molecule has 230 valence electrons. The normalized spacial score (nSPS) is 25.0. The van der Waals surface area contributed by atoms with Gasteiger partial charge < -0.3 is 9.32 Å². The molecular weight excluding hydrogens is 526 g/mol. The maximum absolute atomic E-state index is 6.04. The molecule has 2 aliphatic carbocycles. The van der Waals surface area contributed by atoms with E-state index in [-0.39, 0.29) is 0 Å². The number of hydrogen-bond acceptors (Lipinski definition) is 3. The van der Waals surface area contributed by atoms with Crippen molar-refractivity contribution in [1.29, 1.82) is 0 Å². The van der Waals surface area contributed by atoms with Gasteiger partial charge in [-0.05, 0) is 117 Å². The SMILES string of the molecule is C[n+]1cccc2oc(/C=C3\C=CN(CCCCC4(C)CCC(CCCC5CCC(C)(C)CC5)CC4)c4ccccc43)nc21. The molecular formula is C39H54N3O+. The molecule has 0 spiro atoms. The third-order valence-electron chi connectivity index (χ3n) is 11.2. The van der Waals surface area contributed by atoms with E-state index >= 15 is 0 Å². The number of oxazole rings is 1. The van der Waals surface area contributed by atoms with Gasteiger partial charge in [0.2, 0.25) is 5.58 Å². The molecule has 1 aliphatic heterocycles. The molecule has 2 aromatic heterocycles. The van der Waals surface area contributed by atoms with Crippen molar-refractivity contribution in [1.82, 2.24) is 4.98 Å². The van der Waals surface area contributed by atoms with Gasteiger partial charge >= 0.3 is 11.5 Å². The Morgan fingerprint density at radius 2 is 1.63 bits per heavy atom. The summed E-state index contributed by atoms with van der Waals surface area (Å²) in [6.45, 7) is 8.56. The van der Waals surface area contributed by atoms with E-state index in [1.165, 1.54) is 101 Å². The maximum atomic E-state index is 6.04. The van der Waals surface area contributed by atoms with Gasteiger partial charge in [-0.2, -0.15) is 0 Å². The monoisotopic (exact) mass is 580 g/mol. The van der Waals surface area contributed by atoms with Gasteiger partial charge in [0.1, 0.15) is 0 Å². The highest BCUT2D eigenvalue weighted by Crippen LogP contribution is 2.45. The van der Waals surface area contributed by atoms with Crippen molar-refractivity contribution >= 4 is 28.6 Å². The average Bonchev–Trinajstić information content (AvgIpc) is 3.42. The number of aromatic nitrogens is 2. The lowest BCUT2D eigenvalue weighted by molar-refractivity contribution is -0.646. The minimum absolute atomic E-state index is 0.549. The van der Waals surface area contributed by atoms with E-state index in [9.17, 15) is 0 Å². The Hall–Kier alpha value is -2.88. The van der Waals surface area contributed by atoms with Gasteiger partial charge in [0.25, 0.3) is 0 Å². The van der Waals surface area contributed by atoms with E-state index in [1.54, 1.807) is 0 Å². The van der Waals surface area contributed by atoms with E-state index in [4.69, 9.17) is 9.40 Å². The summed E-state index contributed by atoms with van der Waals surface area (Å²) in [6, 6.07) is 12.7. The number of benzene rings is 1. The molecule has 0 N–H and O–H groups in total. The van der Waals surface area contributed by atoms with E-state index in [2.05, 4.69) is 68.3 Å². The van der Waals surface area contributed by atoms with Crippen LogP contribution in [0.25, 0.3) is 22.9 Å². The Morgan fingerprint density at radius 1 is 0.907 bits per heavy atom. The lowest BCUT2D eigenvalue weighted by Gasteiger charge is -2.38. The minimum Gasteiger partial charge on any atom is -0.411 e. The first-order valence-corrected chi connectivity index (χ1v) is 17.3. The number of nitrogens with zero attached hydrogens (tertiary/aromatic N) is 3. The third kappa shape index (κ3) is 7.44. The van der Waals surface area contributed by atoms with Crippen LogP contribution in [0.2, 0.25) is 0 Å². The molecule has 3 heterocycles. The van der Waals surface area contributed by atoms with Crippen LogP contribution in [0.1, 0.15) is 122 Å². The largest absolute Gasteiger partial charge is 0.411 e. The molecule has 0 radical (unpaired) electrons. The fourth-order valence-corrected chi connectivity index (χ4v) is 8.05. The highest BCUT2D eigenvalue weighted by Gasteiger charge is 2.31. The third-order valence-corrected chi connectivity index (χ3v) is 11.2. The molecule has 0 bridgehead atoms. The standard InChI is InChI=1S/C39H54N3O/c1-38(2)22-16-30(17-23-38)11-9-12-31-18-24-39(3,25-19-31)21-7-8-27-42-28-20-32(33-13-5-6-14-34(33)42)29-36-40-37-35(43-36)15-10-26-41(37)4/h5-6,10,13-15,20,26,28-31H,7-9,11-12,16-19,21-25,27H2,1-4H3/q+1. The first-order chi connectivity index (χ1) is 20.8. The number of allylic oxidation sites excluding steroid dienone is 2. The number of rotatable bonds is 10. The van der Waals surface area contributed by atoms with Crippen LogP contribution in [0.4, 0.5) is 5.69 Å². The van der Waals surface area contributed by atoms with E-state index < -0.39 is 0 Å². The van der Waals surface area contributed by atoms with Crippen molar-refractivity contribution in [2.75, 3.05) is 11.4 Å². The molecule has 1 aromatic carbocycles. The Bertz CT molecular complexity index is 1430. The summed E-state index contributed by atoms with van der Waals surface area (Å²) in [4.78, 5) is 7.16. The zero-order valence-corrected chi connectivity index (χ0v) is 27.3. The predicted octanol–water partition coefficient (Wildman–Crippen LogP) is 10.3. The second-order valence-corrected chi connectivity index (χ2v) is 15.2. The van der Waals surface area contributed by atoms with Crippen molar-refractivity contribution in [3.63, 3.8) is 0 Å². The second kappa shape index (κ2) is 13.0. The second-order valence-electron chi connectivity index (χ2n) is 15.2. The molecule has 0 atom stereocenters. The molecule has 4 nitrogen and oxygen atoms in total. The van der Waals surface area contributed by atoms with Gasteiger partial charge in [-0.15, -0.1) is 0 Å². The first-order valence-electron chi connectivity index (χ1n) is 17.3. The number of anilines is 1. The van der Waals surface area contributed by atoms with E-state index in [0.717, 1.165) is 35.2 Å².